The summed E-state index contributed by atoms with van der Waals surface area (Å²) in [7, 11) is 0. The Morgan fingerprint density at radius 2 is 2.11 bits per heavy atom. The molecule has 2 rings (SSSR count). The van der Waals surface area contributed by atoms with Gasteiger partial charge in [0.15, 0.2) is 0 Å². The van der Waals surface area contributed by atoms with Gasteiger partial charge >= 0.3 is 0 Å². The molecule has 0 aromatic carbocycles. The van der Waals surface area contributed by atoms with Gasteiger partial charge in [-0.3, -0.25) is 0 Å². The third-order valence-electron chi connectivity index (χ3n) is 3.44. The Morgan fingerprint density at radius 1 is 1.33 bits per heavy atom. The van der Waals surface area contributed by atoms with Crippen molar-refractivity contribution in [2.45, 2.75) is 52.0 Å². The van der Waals surface area contributed by atoms with Crippen LogP contribution in [0.1, 0.15) is 45.4 Å². The van der Waals surface area contributed by atoms with Crippen molar-refractivity contribution in [3.8, 4) is 0 Å². The Bertz CT molecular complexity index is 347. The van der Waals surface area contributed by atoms with Crippen LogP contribution in [0.4, 0.5) is 5.95 Å². The minimum absolute atomic E-state index is 0.500. The highest BCUT2D eigenvalue weighted by atomic mass is 16.5. The van der Waals surface area contributed by atoms with Crippen LogP contribution in [-0.4, -0.2) is 35.8 Å². The van der Waals surface area contributed by atoms with Crippen LogP contribution in [0.5, 0.6) is 0 Å². The summed E-state index contributed by atoms with van der Waals surface area (Å²) in [5.74, 6) is 1.54. The number of hydrogen-bond donors (Lipinski definition) is 1. The van der Waals surface area contributed by atoms with Crippen molar-refractivity contribution in [3.63, 3.8) is 0 Å². The first-order valence-electron chi connectivity index (χ1n) is 7.10. The molecule has 1 fully saturated rings. The van der Waals surface area contributed by atoms with Gasteiger partial charge in [-0.1, -0.05) is 6.92 Å². The van der Waals surface area contributed by atoms with E-state index in [1.807, 2.05) is 0 Å². The van der Waals surface area contributed by atoms with Crippen molar-refractivity contribution in [1.29, 1.82) is 0 Å². The summed E-state index contributed by atoms with van der Waals surface area (Å²) < 4.78 is 5.32. The lowest BCUT2D eigenvalue weighted by Gasteiger charge is -2.24. The Labute approximate surface area is 109 Å². The van der Waals surface area contributed by atoms with Crippen molar-refractivity contribution >= 4 is 5.95 Å². The first-order valence-corrected chi connectivity index (χ1v) is 7.10. The fraction of sp³-hybridized carbons (Fsp3) is 0.846. The molecule has 5 nitrogen and oxygen atoms in total. The minimum Gasteiger partial charge on any atom is -0.338 e. The van der Waals surface area contributed by atoms with E-state index in [4.69, 9.17) is 4.52 Å². The molecule has 0 bridgehead atoms. The molecule has 0 aliphatic carbocycles. The van der Waals surface area contributed by atoms with Gasteiger partial charge in [0.2, 0.25) is 5.89 Å². The van der Waals surface area contributed by atoms with Gasteiger partial charge in [-0.05, 0) is 44.3 Å². The van der Waals surface area contributed by atoms with E-state index in [9.17, 15) is 0 Å². The van der Waals surface area contributed by atoms with Gasteiger partial charge in [-0.25, -0.2) is 0 Å². The fourth-order valence-corrected chi connectivity index (χ4v) is 2.36. The molecule has 1 atom stereocenters. The molecule has 0 spiro atoms. The minimum atomic E-state index is 0.500. The third kappa shape index (κ3) is 3.70. The SMILES string of the molecule is CCNC(C)CCc1nc(N2CCCCC2)no1. The highest BCUT2D eigenvalue weighted by Crippen LogP contribution is 2.16. The van der Waals surface area contributed by atoms with Crippen molar-refractivity contribution in [2.24, 2.45) is 0 Å². The Kier molecular flexibility index (Phi) is 4.99. The summed E-state index contributed by atoms with van der Waals surface area (Å²) in [6.45, 7) is 7.44. The number of piperidine rings is 1. The third-order valence-corrected chi connectivity index (χ3v) is 3.44. The van der Waals surface area contributed by atoms with E-state index in [1.54, 1.807) is 0 Å². The van der Waals surface area contributed by atoms with Gasteiger partial charge in [-0.2, -0.15) is 4.98 Å². The van der Waals surface area contributed by atoms with Crippen LogP contribution in [0, 0.1) is 0 Å². The van der Waals surface area contributed by atoms with E-state index >= 15 is 0 Å². The average molecular weight is 252 g/mol. The monoisotopic (exact) mass is 252 g/mol. The molecule has 1 saturated heterocycles. The molecule has 1 aromatic heterocycles. The fourth-order valence-electron chi connectivity index (χ4n) is 2.36. The maximum atomic E-state index is 5.32. The summed E-state index contributed by atoms with van der Waals surface area (Å²) >= 11 is 0. The van der Waals surface area contributed by atoms with Crippen LogP contribution in [0.2, 0.25) is 0 Å². The second kappa shape index (κ2) is 6.73. The standard InChI is InChI=1S/C13H24N4O/c1-3-14-11(2)7-8-12-15-13(16-18-12)17-9-5-4-6-10-17/h11,14H,3-10H2,1-2H3. The summed E-state index contributed by atoms with van der Waals surface area (Å²) in [5.41, 5.74) is 0. The number of anilines is 1. The van der Waals surface area contributed by atoms with Gasteiger partial charge in [0, 0.05) is 25.6 Å². The molecule has 1 unspecified atom stereocenters. The van der Waals surface area contributed by atoms with Gasteiger partial charge < -0.3 is 14.7 Å². The van der Waals surface area contributed by atoms with Gasteiger partial charge in [-0.15, -0.1) is 0 Å². The van der Waals surface area contributed by atoms with Gasteiger partial charge in [0.05, 0.1) is 0 Å². The van der Waals surface area contributed by atoms with Crippen molar-refractivity contribution < 1.29 is 4.52 Å². The molecule has 2 heterocycles. The Hall–Kier alpha value is -1.10. The number of nitrogens with zero attached hydrogens (tertiary/aromatic N) is 3. The second-order valence-electron chi connectivity index (χ2n) is 5.03. The van der Waals surface area contributed by atoms with E-state index in [-0.39, 0.29) is 0 Å². The zero-order valence-electron chi connectivity index (χ0n) is 11.5. The maximum Gasteiger partial charge on any atom is 0.266 e. The molecule has 18 heavy (non-hydrogen) atoms. The summed E-state index contributed by atoms with van der Waals surface area (Å²) in [5, 5.41) is 7.47. The normalized spacial score (nSPS) is 18.0. The van der Waals surface area contributed by atoms with Crippen LogP contribution in [-0.2, 0) is 6.42 Å². The molecule has 102 valence electrons. The topological polar surface area (TPSA) is 54.2 Å². The lowest BCUT2D eigenvalue weighted by molar-refractivity contribution is 0.366. The lowest BCUT2D eigenvalue weighted by Crippen LogP contribution is -2.30. The molecule has 1 aromatic rings. The lowest BCUT2D eigenvalue weighted by atomic mass is 10.1. The van der Waals surface area contributed by atoms with E-state index in [0.717, 1.165) is 44.3 Å². The molecule has 5 heteroatoms. The second-order valence-corrected chi connectivity index (χ2v) is 5.03. The number of rotatable bonds is 6. The molecule has 1 N–H and O–H groups in total. The first kappa shape index (κ1) is 13.3. The van der Waals surface area contributed by atoms with Crippen molar-refractivity contribution in [1.82, 2.24) is 15.5 Å². The summed E-state index contributed by atoms with van der Waals surface area (Å²) in [6, 6.07) is 0.500. The van der Waals surface area contributed by atoms with Crippen LogP contribution < -0.4 is 10.2 Å². The Morgan fingerprint density at radius 3 is 2.83 bits per heavy atom. The first-order chi connectivity index (χ1) is 8.79. The number of hydrogen-bond acceptors (Lipinski definition) is 5. The number of aromatic nitrogens is 2. The quantitative estimate of drug-likeness (QED) is 0.839. The molecule has 0 saturated carbocycles. The Balaban J connectivity index is 1.82. The zero-order valence-corrected chi connectivity index (χ0v) is 11.5. The highest BCUT2D eigenvalue weighted by Gasteiger charge is 2.16. The van der Waals surface area contributed by atoms with Crippen LogP contribution in [0.3, 0.4) is 0 Å². The van der Waals surface area contributed by atoms with E-state index < -0.39 is 0 Å². The predicted molar refractivity (Wildman–Crippen MR) is 71.8 cm³/mol. The smallest absolute Gasteiger partial charge is 0.266 e. The summed E-state index contributed by atoms with van der Waals surface area (Å²) in [6.07, 6.45) is 5.69. The highest BCUT2D eigenvalue weighted by molar-refractivity contribution is 5.27. The molecular formula is C13H24N4O. The van der Waals surface area contributed by atoms with E-state index in [2.05, 4.69) is 34.2 Å². The van der Waals surface area contributed by atoms with Crippen LogP contribution >= 0.6 is 0 Å². The van der Waals surface area contributed by atoms with Gasteiger partial charge in [0.1, 0.15) is 0 Å². The maximum absolute atomic E-state index is 5.32. The van der Waals surface area contributed by atoms with Crippen molar-refractivity contribution in [3.05, 3.63) is 5.89 Å². The molecule has 0 radical (unpaired) electrons. The van der Waals surface area contributed by atoms with Gasteiger partial charge in [0.25, 0.3) is 5.95 Å². The van der Waals surface area contributed by atoms with Crippen LogP contribution in [0.15, 0.2) is 4.52 Å². The molecule has 1 aliphatic heterocycles. The largest absolute Gasteiger partial charge is 0.338 e. The number of aryl methyl sites for hydroxylation is 1. The number of nitrogens with one attached hydrogen (secondary N) is 1. The molecule has 0 amide bonds. The van der Waals surface area contributed by atoms with E-state index in [1.165, 1.54) is 19.3 Å². The molecular weight excluding hydrogens is 228 g/mol. The predicted octanol–water partition coefficient (Wildman–Crippen LogP) is 1.99. The molecule has 1 aliphatic rings. The van der Waals surface area contributed by atoms with Crippen molar-refractivity contribution in [2.75, 3.05) is 24.5 Å². The average Bonchev–Trinajstić information content (AvgIpc) is 2.87. The zero-order chi connectivity index (χ0) is 12.8. The van der Waals surface area contributed by atoms with Crippen LogP contribution in [0.25, 0.3) is 0 Å². The summed E-state index contributed by atoms with van der Waals surface area (Å²) in [4.78, 5) is 6.71. The van der Waals surface area contributed by atoms with E-state index in [0.29, 0.717) is 6.04 Å².